The fourth-order valence-corrected chi connectivity index (χ4v) is 1.39. The van der Waals surface area contributed by atoms with Gasteiger partial charge in [-0.15, -0.1) is 0 Å². The molecule has 1 aliphatic rings. The Morgan fingerprint density at radius 3 is 2.75 bits per heavy atom. The lowest BCUT2D eigenvalue weighted by molar-refractivity contribution is -0.0603. The quantitative estimate of drug-likeness (QED) is 0.663. The van der Waals surface area contributed by atoms with Crippen LogP contribution in [0.3, 0.4) is 0 Å². The van der Waals surface area contributed by atoms with Crippen LogP contribution in [0.4, 0.5) is 0 Å². The van der Waals surface area contributed by atoms with E-state index in [1.54, 1.807) is 0 Å². The molecule has 3 heteroatoms. The van der Waals surface area contributed by atoms with Crippen LogP contribution in [-0.4, -0.2) is 50.8 Å². The van der Waals surface area contributed by atoms with E-state index >= 15 is 0 Å². The Hall–Kier alpha value is -0.120. The van der Waals surface area contributed by atoms with Crippen molar-refractivity contribution in [1.82, 2.24) is 10.2 Å². The number of nitrogens with zero attached hydrogens (tertiary/aromatic N) is 1. The minimum Gasteiger partial charge on any atom is -0.373 e. The minimum atomic E-state index is 0.0581. The summed E-state index contributed by atoms with van der Waals surface area (Å²) in [6.07, 6.45) is 1.10. The van der Waals surface area contributed by atoms with Crippen LogP contribution in [0.15, 0.2) is 0 Å². The van der Waals surface area contributed by atoms with Gasteiger partial charge in [0.05, 0.1) is 12.2 Å². The van der Waals surface area contributed by atoms with Gasteiger partial charge in [0.1, 0.15) is 0 Å². The first kappa shape index (κ1) is 9.96. The molecule has 0 aromatic carbocycles. The highest BCUT2D eigenvalue weighted by atomic mass is 16.5. The van der Waals surface area contributed by atoms with E-state index in [1.165, 1.54) is 0 Å². The fraction of sp³-hybridized carbons (Fsp3) is 1.00. The van der Waals surface area contributed by atoms with Gasteiger partial charge in [-0.2, -0.15) is 0 Å². The predicted molar refractivity (Wildman–Crippen MR) is 50.4 cm³/mol. The molecule has 0 aromatic rings. The van der Waals surface area contributed by atoms with Crippen molar-refractivity contribution in [2.24, 2.45) is 0 Å². The molecule has 1 heterocycles. The lowest BCUT2D eigenvalue weighted by Crippen LogP contribution is -2.48. The average Bonchev–Trinajstić information content (AvgIpc) is 2.03. The number of nitrogens with one attached hydrogen (secondary N) is 1. The third kappa shape index (κ3) is 3.09. The van der Waals surface area contributed by atoms with Crippen LogP contribution >= 0.6 is 0 Å². The number of rotatable bonds is 3. The Kier molecular flexibility index (Phi) is 3.50. The van der Waals surface area contributed by atoms with Crippen LogP contribution in [0.5, 0.6) is 0 Å². The zero-order valence-corrected chi connectivity index (χ0v) is 8.39. The van der Waals surface area contributed by atoms with Crippen molar-refractivity contribution in [3.05, 3.63) is 0 Å². The molecule has 0 radical (unpaired) electrons. The van der Waals surface area contributed by atoms with Gasteiger partial charge in [0.2, 0.25) is 0 Å². The van der Waals surface area contributed by atoms with Crippen molar-refractivity contribution < 1.29 is 4.74 Å². The molecule has 0 aliphatic carbocycles. The summed E-state index contributed by atoms with van der Waals surface area (Å²) in [7, 11) is 4.19. The topological polar surface area (TPSA) is 24.5 Å². The molecular weight excluding hydrogens is 152 g/mol. The van der Waals surface area contributed by atoms with Crippen molar-refractivity contribution in [1.29, 1.82) is 0 Å². The molecule has 1 aliphatic heterocycles. The Morgan fingerprint density at radius 2 is 2.25 bits per heavy atom. The molecule has 0 aromatic heterocycles. The monoisotopic (exact) mass is 172 g/mol. The average molecular weight is 172 g/mol. The lowest BCUT2D eigenvalue weighted by Gasteiger charge is -2.35. The van der Waals surface area contributed by atoms with E-state index in [9.17, 15) is 0 Å². The second kappa shape index (κ2) is 4.21. The third-order valence-electron chi connectivity index (χ3n) is 2.32. The second-order valence-electron chi connectivity index (χ2n) is 4.03. The van der Waals surface area contributed by atoms with Crippen molar-refractivity contribution in [2.45, 2.75) is 18.9 Å². The molecule has 72 valence electrons. The lowest BCUT2D eigenvalue weighted by atomic mass is 10.0. The zero-order chi connectivity index (χ0) is 9.03. The van der Waals surface area contributed by atoms with Crippen molar-refractivity contribution >= 4 is 0 Å². The van der Waals surface area contributed by atoms with Gasteiger partial charge in [0.15, 0.2) is 0 Å². The summed E-state index contributed by atoms with van der Waals surface area (Å²) in [4.78, 5) is 2.20. The largest absolute Gasteiger partial charge is 0.373 e. The van der Waals surface area contributed by atoms with Gasteiger partial charge in [0.25, 0.3) is 0 Å². The fourth-order valence-electron chi connectivity index (χ4n) is 1.39. The van der Waals surface area contributed by atoms with Crippen LogP contribution in [-0.2, 0) is 4.74 Å². The van der Waals surface area contributed by atoms with Crippen LogP contribution in [0.2, 0.25) is 0 Å². The van der Waals surface area contributed by atoms with E-state index < -0.39 is 0 Å². The van der Waals surface area contributed by atoms with Crippen LogP contribution < -0.4 is 5.32 Å². The second-order valence-corrected chi connectivity index (χ2v) is 4.03. The first-order valence-electron chi connectivity index (χ1n) is 4.62. The van der Waals surface area contributed by atoms with Gasteiger partial charge >= 0.3 is 0 Å². The summed E-state index contributed by atoms with van der Waals surface area (Å²) in [6, 6.07) is 0. The highest BCUT2D eigenvalue weighted by molar-refractivity contribution is 4.81. The highest BCUT2D eigenvalue weighted by Gasteiger charge is 2.27. The Morgan fingerprint density at radius 1 is 1.50 bits per heavy atom. The molecule has 0 saturated carbocycles. The zero-order valence-electron chi connectivity index (χ0n) is 8.39. The van der Waals surface area contributed by atoms with Crippen molar-refractivity contribution in [3.8, 4) is 0 Å². The predicted octanol–water partition coefficient (Wildman–Crippen LogP) is 0.317. The SMILES string of the molecule is CN(C)CCC1(C)CNCCO1. The molecule has 0 bridgehead atoms. The Bertz CT molecular complexity index is 130. The normalized spacial score (nSPS) is 31.0. The molecule has 1 atom stereocenters. The Labute approximate surface area is 75.1 Å². The first-order chi connectivity index (χ1) is 5.62. The van der Waals surface area contributed by atoms with Crippen LogP contribution in [0, 0.1) is 0 Å². The number of ether oxygens (including phenoxy) is 1. The summed E-state index contributed by atoms with van der Waals surface area (Å²) in [5.41, 5.74) is 0.0581. The molecule has 3 nitrogen and oxygen atoms in total. The van der Waals surface area contributed by atoms with E-state index in [2.05, 4.69) is 31.2 Å². The summed E-state index contributed by atoms with van der Waals surface area (Å²) < 4.78 is 5.73. The van der Waals surface area contributed by atoms with Gasteiger partial charge in [-0.1, -0.05) is 0 Å². The number of hydrogen-bond acceptors (Lipinski definition) is 3. The molecule has 1 N–H and O–H groups in total. The van der Waals surface area contributed by atoms with E-state index in [0.717, 1.165) is 32.7 Å². The third-order valence-corrected chi connectivity index (χ3v) is 2.32. The maximum absolute atomic E-state index is 5.73. The van der Waals surface area contributed by atoms with E-state index in [1.807, 2.05) is 0 Å². The molecular formula is C9H20N2O. The highest BCUT2D eigenvalue weighted by Crippen LogP contribution is 2.16. The Balaban J connectivity index is 2.26. The summed E-state index contributed by atoms with van der Waals surface area (Å²) in [5.74, 6) is 0. The van der Waals surface area contributed by atoms with Gasteiger partial charge in [-0.05, 0) is 27.4 Å². The molecule has 0 amide bonds. The molecule has 1 fully saturated rings. The van der Waals surface area contributed by atoms with Crippen molar-refractivity contribution in [3.63, 3.8) is 0 Å². The maximum atomic E-state index is 5.73. The van der Waals surface area contributed by atoms with Gasteiger partial charge in [-0.25, -0.2) is 0 Å². The van der Waals surface area contributed by atoms with Crippen molar-refractivity contribution in [2.75, 3.05) is 40.3 Å². The van der Waals surface area contributed by atoms with Gasteiger partial charge < -0.3 is 15.0 Å². The van der Waals surface area contributed by atoms with E-state index in [-0.39, 0.29) is 5.60 Å². The van der Waals surface area contributed by atoms with Gasteiger partial charge in [-0.3, -0.25) is 0 Å². The minimum absolute atomic E-state index is 0.0581. The number of morpholine rings is 1. The van der Waals surface area contributed by atoms with Crippen LogP contribution in [0.1, 0.15) is 13.3 Å². The smallest absolute Gasteiger partial charge is 0.0791 e. The summed E-state index contributed by atoms with van der Waals surface area (Å²) in [5, 5.41) is 3.36. The molecule has 12 heavy (non-hydrogen) atoms. The standard InChI is InChI=1S/C9H20N2O/c1-9(4-6-11(2)3)8-10-5-7-12-9/h10H,4-8H2,1-3H3. The van der Waals surface area contributed by atoms with E-state index in [4.69, 9.17) is 4.74 Å². The summed E-state index contributed by atoms with van der Waals surface area (Å²) in [6.45, 7) is 6.11. The summed E-state index contributed by atoms with van der Waals surface area (Å²) >= 11 is 0. The molecule has 1 rings (SSSR count). The van der Waals surface area contributed by atoms with Gasteiger partial charge in [0, 0.05) is 19.6 Å². The van der Waals surface area contributed by atoms with Crippen LogP contribution in [0.25, 0.3) is 0 Å². The van der Waals surface area contributed by atoms with E-state index in [0.29, 0.717) is 0 Å². The maximum Gasteiger partial charge on any atom is 0.0791 e. The molecule has 0 spiro atoms. The molecule has 1 unspecified atom stereocenters. The number of hydrogen-bond donors (Lipinski definition) is 1. The first-order valence-corrected chi connectivity index (χ1v) is 4.62. The molecule has 1 saturated heterocycles.